The van der Waals surface area contributed by atoms with Crippen LogP contribution in [0.3, 0.4) is 0 Å². The van der Waals surface area contributed by atoms with Crippen LogP contribution in [-0.2, 0) is 20.9 Å². The Morgan fingerprint density at radius 3 is 2.37 bits per heavy atom. The van der Waals surface area contributed by atoms with Crippen molar-refractivity contribution < 1.29 is 48.6 Å². The molecule has 0 bridgehead atoms. The molecule has 1 amide bonds. The third-order valence-corrected chi connectivity index (χ3v) is 11.4. The maximum Gasteiger partial charge on any atom is 0.409 e. The number of aliphatic hydroxyl groups excluding tert-OH is 2. The van der Waals surface area contributed by atoms with Crippen molar-refractivity contribution in [2.75, 3.05) is 34.0 Å². The summed E-state index contributed by atoms with van der Waals surface area (Å²) in [5, 5.41) is 47.2. The van der Waals surface area contributed by atoms with Gasteiger partial charge in [-0.3, -0.25) is 20.2 Å². The fourth-order valence-electron chi connectivity index (χ4n) is 8.76. The first-order chi connectivity index (χ1) is 28.5. The van der Waals surface area contributed by atoms with Crippen molar-refractivity contribution in [2.24, 2.45) is 22.9 Å². The Bertz CT molecular complexity index is 2060. The van der Waals surface area contributed by atoms with Gasteiger partial charge in [-0.2, -0.15) is 0 Å². The molecule has 314 valence electrons. The molecule has 16 nitrogen and oxygen atoms in total. The lowest BCUT2D eigenvalue weighted by atomic mass is 9.55. The van der Waals surface area contributed by atoms with Crippen molar-refractivity contribution in [3.05, 3.63) is 122 Å². The van der Waals surface area contributed by atoms with Crippen LogP contribution in [0.1, 0.15) is 62.0 Å². The summed E-state index contributed by atoms with van der Waals surface area (Å²) < 4.78 is 25.4. The number of allylic oxidation sites excluding steroid dienone is 1. The molecule has 3 aromatic carbocycles. The summed E-state index contributed by atoms with van der Waals surface area (Å²) >= 11 is 0. The van der Waals surface area contributed by atoms with Crippen molar-refractivity contribution in [1.29, 1.82) is 0 Å². The number of nitrogens with zero attached hydrogens (tertiary/aromatic N) is 4. The second-order valence-electron chi connectivity index (χ2n) is 14.9. The average molecular weight is 815 g/mol. The second-order valence-corrected chi connectivity index (χ2v) is 14.9. The molecule has 0 saturated heterocycles. The van der Waals surface area contributed by atoms with Crippen molar-refractivity contribution in [3.8, 4) is 17.2 Å². The van der Waals surface area contributed by atoms with Gasteiger partial charge in [-0.1, -0.05) is 36.2 Å². The summed E-state index contributed by atoms with van der Waals surface area (Å²) in [6, 6.07) is 16.5. The Balaban J connectivity index is 1.53. The number of non-ortho nitro benzene ring substituents is 2. The van der Waals surface area contributed by atoms with Gasteiger partial charge in [-0.15, -0.1) is 6.58 Å². The molecule has 1 saturated carbocycles. The second kappa shape index (κ2) is 19.3. The van der Waals surface area contributed by atoms with E-state index < -0.39 is 33.7 Å². The normalized spacial score (nSPS) is 23.5. The molecule has 3 aromatic rings. The molecular weight excluding hydrogens is 764 g/mol. The molecular formula is C43H50N4O12. The van der Waals surface area contributed by atoms with E-state index in [2.05, 4.69) is 12.7 Å². The highest BCUT2D eigenvalue weighted by Crippen LogP contribution is 2.62. The summed E-state index contributed by atoms with van der Waals surface area (Å²) in [4.78, 5) is 42.7. The van der Waals surface area contributed by atoms with Crippen molar-refractivity contribution >= 4 is 23.2 Å². The summed E-state index contributed by atoms with van der Waals surface area (Å²) in [7, 11) is 2.91. The van der Waals surface area contributed by atoms with Crippen LogP contribution in [0.5, 0.6) is 17.2 Å². The predicted molar refractivity (Wildman–Crippen MR) is 216 cm³/mol. The number of carbonyl (C=O) groups is 1. The predicted octanol–water partition coefficient (Wildman–Crippen LogP) is 7.83. The van der Waals surface area contributed by atoms with Crippen molar-refractivity contribution in [1.82, 2.24) is 4.90 Å². The van der Waals surface area contributed by atoms with Crippen LogP contribution in [0.4, 0.5) is 16.2 Å². The number of amides is 1. The minimum atomic E-state index is -1.49. The Hall–Kier alpha value is -5.84. The van der Waals surface area contributed by atoms with Gasteiger partial charge in [0.05, 0.1) is 41.3 Å². The zero-order valence-corrected chi connectivity index (χ0v) is 33.1. The Morgan fingerprint density at radius 2 is 1.69 bits per heavy atom. The third-order valence-electron chi connectivity index (χ3n) is 11.4. The zero-order valence-electron chi connectivity index (χ0n) is 33.1. The molecule has 3 aliphatic rings. The van der Waals surface area contributed by atoms with Gasteiger partial charge in [-0.05, 0) is 85.1 Å². The number of oxime groups is 1. The van der Waals surface area contributed by atoms with Gasteiger partial charge < -0.3 is 38.9 Å². The van der Waals surface area contributed by atoms with Crippen LogP contribution < -0.4 is 9.47 Å². The third kappa shape index (κ3) is 9.24. The summed E-state index contributed by atoms with van der Waals surface area (Å²) in [5.74, 6) is -1.31. The smallest absolute Gasteiger partial charge is 0.409 e. The monoisotopic (exact) mass is 814 g/mol. The number of rotatable bonds is 19. The lowest BCUT2D eigenvalue weighted by Crippen LogP contribution is -2.69. The molecule has 0 spiro atoms. The molecule has 1 aliphatic heterocycles. The van der Waals surface area contributed by atoms with Crippen LogP contribution in [0, 0.1) is 38.0 Å². The van der Waals surface area contributed by atoms with E-state index in [1.807, 2.05) is 6.07 Å². The van der Waals surface area contributed by atoms with Crippen LogP contribution in [0.2, 0.25) is 0 Å². The molecule has 6 atom stereocenters. The zero-order chi connectivity index (χ0) is 42.1. The number of methoxy groups -OCH3 is 1. The number of aliphatic hydroxyl groups is 2. The van der Waals surface area contributed by atoms with Gasteiger partial charge in [0.2, 0.25) is 5.79 Å². The molecule has 2 aliphatic carbocycles. The molecule has 0 aromatic heterocycles. The number of fused-ring (bicyclic) bond motifs is 2. The van der Waals surface area contributed by atoms with Gasteiger partial charge in [0, 0.05) is 56.4 Å². The van der Waals surface area contributed by atoms with Gasteiger partial charge >= 0.3 is 6.09 Å². The number of benzene rings is 3. The number of hydrogen-bond donors (Lipinski definition) is 2. The highest BCUT2D eigenvalue weighted by molar-refractivity contribution is 6.02. The highest BCUT2D eigenvalue weighted by Gasteiger charge is 2.65. The van der Waals surface area contributed by atoms with Gasteiger partial charge in [0.15, 0.2) is 0 Å². The fraction of sp³-hybridized carbons (Fsp3) is 0.442. The van der Waals surface area contributed by atoms with Crippen LogP contribution in [0.15, 0.2) is 96.2 Å². The van der Waals surface area contributed by atoms with E-state index in [0.717, 1.165) is 30.4 Å². The molecule has 6 rings (SSSR count). The fourth-order valence-corrected chi connectivity index (χ4v) is 8.76. The van der Waals surface area contributed by atoms with E-state index >= 15 is 0 Å². The number of ether oxygens (including phenoxy) is 4. The number of nitro groups is 2. The van der Waals surface area contributed by atoms with E-state index in [4.69, 9.17) is 28.9 Å². The summed E-state index contributed by atoms with van der Waals surface area (Å²) in [5.41, 5.74) is 2.66. The van der Waals surface area contributed by atoms with Crippen LogP contribution in [-0.4, -0.2) is 82.6 Å². The van der Waals surface area contributed by atoms with Crippen molar-refractivity contribution in [2.45, 2.75) is 69.3 Å². The Labute approximate surface area is 342 Å². The van der Waals surface area contributed by atoms with Crippen LogP contribution >= 0.6 is 0 Å². The number of likely N-dealkylation sites (N-methyl/N-ethyl adjacent to an activating group) is 1. The Kier molecular flexibility index (Phi) is 14.0. The average Bonchev–Trinajstić information content (AvgIpc) is 3.24. The SMILES string of the molecule is C=CCOC12Oc3ccc(Oc4cccc([N+](=O)[O-])c4)cc3C3C(CCCCO)C(CCCCO)C=C(C(=NOCc4ccc([N+](=O)[O-])cc4)CC1N(C)C(=O)OC)C32. The first-order valence-corrected chi connectivity index (χ1v) is 19.7. The van der Waals surface area contributed by atoms with Gasteiger partial charge in [-0.25, -0.2) is 4.79 Å². The van der Waals surface area contributed by atoms with Crippen LogP contribution in [0.25, 0.3) is 0 Å². The standard InChI is InChI=1S/C43H50N4O12/c1-4-22-56-43-39(45(2)42(50)55-3)26-37(44-57-27-28-14-16-30(17-15-28)46(51)52)35-23-29(10-5-7-20-48)34(13-6-8-21-49)40(41(35)43)36-25-33(18-19-38(36)59-43)58-32-12-9-11-31(24-32)47(53)54/h4,9,11-12,14-19,23-25,29,34,39-41,48-49H,1,5-8,10,13,20-22,26-27H2,2-3H3. The maximum atomic E-state index is 13.4. The minimum absolute atomic E-state index is 0.0138. The first kappa shape index (κ1) is 42.8. The Morgan fingerprint density at radius 1 is 0.983 bits per heavy atom. The molecule has 1 heterocycles. The maximum absolute atomic E-state index is 13.4. The van der Waals surface area contributed by atoms with E-state index in [1.54, 1.807) is 49.5 Å². The van der Waals surface area contributed by atoms with Crippen molar-refractivity contribution in [3.63, 3.8) is 0 Å². The van der Waals surface area contributed by atoms with Gasteiger partial charge in [0.1, 0.15) is 29.9 Å². The molecule has 59 heavy (non-hydrogen) atoms. The molecule has 6 unspecified atom stereocenters. The van der Waals surface area contributed by atoms with E-state index in [0.29, 0.717) is 42.0 Å². The van der Waals surface area contributed by atoms with E-state index in [1.165, 1.54) is 36.3 Å². The molecule has 0 radical (unpaired) electrons. The highest BCUT2D eigenvalue weighted by atomic mass is 16.7. The lowest BCUT2D eigenvalue weighted by Gasteiger charge is -2.59. The molecule has 16 heteroatoms. The largest absolute Gasteiger partial charge is 0.459 e. The summed E-state index contributed by atoms with van der Waals surface area (Å²) in [6.45, 7) is 4.08. The van der Waals surface area contributed by atoms with E-state index in [9.17, 15) is 35.2 Å². The minimum Gasteiger partial charge on any atom is -0.459 e. The lowest BCUT2D eigenvalue weighted by molar-refractivity contribution is -0.385. The molecule has 2 N–H and O–H groups in total. The summed E-state index contributed by atoms with van der Waals surface area (Å²) in [6.07, 6.45) is 7.43. The van der Waals surface area contributed by atoms with Gasteiger partial charge in [0.25, 0.3) is 11.4 Å². The molecule has 1 fully saturated rings. The number of hydrogen-bond acceptors (Lipinski definition) is 13. The quantitative estimate of drug-likeness (QED) is 0.0514. The first-order valence-electron chi connectivity index (χ1n) is 19.7. The number of carbonyl (C=O) groups excluding carboxylic acids is 1. The number of nitro benzene ring substituents is 2. The topological polar surface area (TPSA) is 206 Å². The number of unbranched alkanes of at least 4 members (excludes halogenated alkanes) is 2. The van der Waals surface area contributed by atoms with E-state index in [-0.39, 0.29) is 67.7 Å².